The first-order chi connectivity index (χ1) is 18.7. The predicted molar refractivity (Wildman–Crippen MR) is 153 cm³/mol. The number of hydrazone groups is 1. The summed E-state index contributed by atoms with van der Waals surface area (Å²) >= 11 is 12.1. The minimum Gasteiger partial charge on any atom is -0.282 e. The van der Waals surface area contributed by atoms with Crippen molar-refractivity contribution >= 4 is 72.0 Å². The van der Waals surface area contributed by atoms with Crippen molar-refractivity contribution in [3.05, 3.63) is 75.8 Å². The molecule has 4 rings (SSSR count). The molecule has 1 heterocycles. The molecule has 0 fully saturated rings. The Balaban J connectivity index is 1.60. The summed E-state index contributed by atoms with van der Waals surface area (Å²) in [4.78, 5) is 12.5. The van der Waals surface area contributed by atoms with Crippen molar-refractivity contribution in [2.24, 2.45) is 15.3 Å². The number of para-hydroxylation sites is 1. The van der Waals surface area contributed by atoms with Crippen LogP contribution in [0.15, 0.2) is 79.7 Å². The van der Waals surface area contributed by atoms with Crippen LogP contribution < -0.4 is 9.73 Å². The molecule has 0 saturated carbocycles. The van der Waals surface area contributed by atoms with Gasteiger partial charge in [0, 0.05) is 0 Å². The number of azo groups is 1. The maximum Gasteiger partial charge on any atom is 0.296 e. The summed E-state index contributed by atoms with van der Waals surface area (Å²) in [6, 6.07) is 12.4. The van der Waals surface area contributed by atoms with Gasteiger partial charge in [0.1, 0.15) is 4.90 Å². The van der Waals surface area contributed by atoms with Crippen LogP contribution in [0.25, 0.3) is 0 Å². The van der Waals surface area contributed by atoms with Gasteiger partial charge in [0.05, 0.1) is 37.7 Å². The van der Waals surface area contributed by atoms with Crippen LogP contribution in [0.5, 0.6) is 0 Å². The summed E-state index contributed by atoms with van der Waals surface area (Å²) in [6.07, 6.45) is 0.640. The van der Waals surface area contributed by atoms with Gasteiger partial charge in [0.2, 0.25) is 0 Å². The topological polar surface area (TPSA) is 158 Å². The van der Waals surface area contributed by atoms with Crippen LogP contribution in [0.4, 0.5) is 17.1 Å². The molecular formula is C25H23Cl2N5O6S2. The number of nitrogens with one attached hydrogen (secondary N) is 1. The fourth-order valence-electron chi connectivity index (χ4n) is 3.93. The van der Waals surface area contributed by atoms with E-state index in [1.54, 1.807) is 31.2 Å². The van der Waals surface area contributed by atoms with Gasteiger partial charge in [-0.25, -0.2) is 8.42 Å². The van der Waals surface area contributed by atoms with Crippen molar-refractivity contribution < 1.29 is 26.2 Å². The number of sulfonamides is 1. The maximum absolute atomic E-state index is 13.2. The van der Waals surface area contributed by atoms with E-state index < -0.39 is 37.0 Å². The molecule has 1 aliphatic heterocycles. The molecule has 11 nitrogen and oxygen atoms in total. The number of anilines is 2. The lowest BCUT2D eigenvalue weighted by Crippen LogP contribution is -2.30. The molecule has 0 radical (unpaired) electrons. The van der Waals surface area contributed by atoms with Crippen molar-refractivity contribution in [1.82, 2.24) is 0 Å². The molecule has 0 aliphatic carbocycles. The lowest BCUT2D eigenvalue weighted by molar-refractivity contribution is -0.117. The Bertz CT molecular complexity index is 1790. The Morgan fingerprint density at radius 3 is 2.38 bits per heavy atom. The second kappa shape index (κ2) is 11.3. The number of amides is 1. The van der Waals surface area contributed by atoms with Gasteiger partial charge in [-0.3, -0.25) is 14.1 Å². The van der Waals surface area contributed by atoms with E-state index >= 15 is 0 Å². The van der Waals surface area contributed by atoms with E-state index in [0.717, 1.165) is 22.7 Å². The summed E-state index contributed by atoms with van der Waals surface area (Å²) in [5.41, 5.74) is 2.21. The summed E-state index contributed by atoms with van der Waals surface area (Å²) in [5.74, 6) is -0.656. The number of benzene rings is 3. The molecule has 3 aromatic rings. The smallest absolute Gasteiger partial charge is 0.282 e. The first kappa shape index (κ1) is 29.6. The molecule has 1 unspecified atom stereocenters. The van der Waals surface area contributed by atoms with E-state index in [4.69, 9.17) is 23.2 Å². The van der Waals surface area contributed by atoms with Crippen LogP contribution >= 0.6 is 23.2 Å². The number of nitrogens with zero attached hydrogens (tertiary/aromatic N) is 4. The molecule has 0 bridgehead atoms. The first-order valence-corrected chi connectivity index (χ1v) is 15.4. The summed E-state index contributed by atoms with van der Waals surface area (Å²) in [6.45, 7) is 5.11. The number of hydrogen-bond acceptors (Lipinski definition) is 8. The van der Waals surface area contributed by atoms with Gasteiger partial charge in [-0.1, -0.05) is 54.4 Å². The predicted octanol–water partition coefficient (Wildman–Crippen LogP) is 5.79. The van der Waals surface area contributed by atoms with Gasteiger partial charge in [-0.2, -0.15) is 28.8 Å². The number of rotatable bonds is 8. The zero-order valence-corrected chi connectivity index (χ0v) is 24.5. The van der Waals surface area contributed by atoms with Gasteiger partial charge in [0.15, 0.2) is 6.04 Å². The van der Waals surface area contributed by atoms with Crippen molar-refractivity contribution in [1.29, 1.82) is 0 Å². The fraction of sp³-hybridized carbons (Fsp3) is 0.200. The molecule has 0 spiro atoms. The fourth-order valence-corrected chi connectivity index (χ4v) is 6.63. The second-order valence-electron chi connectivity index (χ2n) is 8.78. The zero-order valence-electron chi connectivity index (χ0n) is 21.3. The molecule has 3 aromatic carbocycles. The Morgan fingerprint density at radius 2 is 1.70 bits per heavy atom. The van der Waals surface area contributed by atoms with Crippen LogP contribution in [0.1, 0.15) is 25.0 Å². The van der Waals surface area contributed by atoms with Crippen LogP contribution in [0, 0.1) is 6.92 Å². The number of halogens is 2. The molecule has 2 N–H and O–H groups in total. The molecule has 1 aliphatic rings. The molecule has 40 heavy (non-hydrogen) atoms. The minimum absolute atomic E-state index is 0.0000285. The third-order valence-corrected chi connectivity index (χ3v) is 9.12. The van der Waals surface area contributed by atoms with Gasteiger partial charge in [-0.05, 0) is 61.7 Å². The molecule has 15 heteroatoms. The van der Waals surface area contributed by atoms with Crippen LogP contribution in [-0.4, -0.2) is 39.0 Å². The van der Waals surface area contributed by atoms with Crippen molar-refractivity contribution in [3.63, 3.8) is 0 Å². The van der Waals surface area contributed by atoms with Crippen molar-refractivity contribution in [3.8, 4) is 0 Å². The average Bonchev–Trinajstić information content (AvgIpc) is 3.16. The third-order valence-electron chi connectivity index (χ3n) is 6.00. The average molecular weight is 625 g/mol. The van der Waals surface area contributed by atoms with E-state index in [1.807, 2.05) is 19.1 Å². The van der Waals surface area contributed by atoms with E-state index in [2.05, 4.69) is 20.1 Å². The van der Waals surface area contributed by atoms with Gasteiger partial charge < -0.3 is 0 Å². The van der Waals surface area contributed by atoms with E-state index in [0.29, 0.717) is 17.7 Å². The van der Waals surface area contributed by atoms with Gasteiger partial charge in [-0.15, -0.1) is 0 Å². The second-order valence-corrected chi connectivity index (χ2v) is 12.6. The summed E-state index contributed by atoms with van der Waals surface area (Å²) in [7, 11) is -8.61. The number of carbonyl (C=O) groups excluding carboxylic acids is 1. The van der Waals surface area contributed by atoms with Crippen molar-refractivity contribution in [2.75, 3.05) is 9.73 Å². The maximum atomic E-state index is 13.2. The van der Waals surface area contributed by atoms with E-state index in [9.17, 15) is 26.2 Å². The lowest BCUT2D eigenvalue weighted by Gasteiger charge is -2.15. The van der Waals surface area contributed by atoms with Gasteiger partial charge >= 0.3 is 0 Å². The Kier molecular flexibility index (Phi) is 8.33. The molecule has 1 amide bonds. The monoisotopic (exact) mass is 623 g/mol. The lowest BCUT2D eigenvalue weighted by atomic mass is 10.1. The number of aryl methyl sites for hydroxylation is 2. The highest BCUT2D eigenvalue weighted by Crippen LogP contribution is 2.36. The van der Waals surface area contributed by atoms with E-state index in [1.165, 1.54) is 13.0 Å². The summed E-state index contributed by atoms with van der Waals surface area (Å²) < 4.78 is 61.3. The highest BCUT2D eigenvalue weighted by Gasteiger charge is 2.36. The molecule has 210 valence electrons. The standard InChI is InChI=1S/C25H23Cl2N5O6S2/c1-4-16-7-5-6-8-20(16)31-39(34,35)22-11-17(10-9-14(22)2)28-29-24-15(3)30-32(25(24)33)21-12-19(27)23(13-18(21)26)40(36,37)38/h5-13,24,31H,4H2,1-3H3,(H,36,37,38). The number of carbonyl (C=O) groups is 1. The minimum atomic E-state index is -4.65. The molecular weight excluding hydrogens is 601 g/mol. The molecule has 0 aromatic heterocycles. The Labute approximate surface area is 241 Å². The molecule has 1 atom stereocenters. The van der Waals surface area contributed by atoms with Gasteiger partial charge in [0.25, 0.3) is 26.0 Å². The highest BCUT2D eigenvalue weighted by molar-refractivity contribution is 7.92. The van der Waals surface area contributed by atoms with Crippen LogP contribution in [0.3, 0.4) is 0 Å². The first-order valence-electron chi connectivity index (χ1n) is 11.7. The van der Waals surface area contributed by atoms with Crippen LogP contribution in [0.2, 0.25) is 10.0 Å². The Morgan fingerprint density at radius 1 is 1.00 bits per heavy atom. The number of hydrogen-bond donors (Lipinski definition) is 2. The van der Waals surface area contributed by atoms with E-state index in [-0.39, 0.29) is 32.0 Å². The van der Waals surface area contributed by atoms with Crippen LogP contribution in [-0.2, 0) is 31.4 Å². The highest BCUT2D eigenvalue weighted by atomic mass is 35.5. The summed E-state index contributed by atoms with van der Waals surface area (Å²) in [5, 5.41) is 12.7. The SMILES string of the molecule is CCc1ccccc1NS(=O)(=O)c1cc(N=NC2C(=O)N(c3cc(Cl)c(S(=O)(=O)O)cc3Cl)N=C2C)ccc1C. The Hall–Kier alpha value is -3.36. The largest absolute Gasteiger partial charge is 0.296 e. The quantitative estimate of drug-likeness (QED) is 0.239. The molecule has 0 saturated heterocycles. The normalized spacial score (nSPS) is 16.1. The zero-order chi connectivity index (χ0) is 29.4. The van der Waals surface area contributed by atoms with Crippen molar-refractivity contribution in [2.45, 2.75) is 43.0 Å². The third kappa shape index (κ3) is 6.03.